The summed E-state index contributed by atoms with van der Waals surface area (Å²) in [6, 6.07) is 48.7. The Kier molecular flexibility index (Phi) is 5.20. The Morgan fingerprint density at radius 2 is 1.25 bits per heavy atom. The van der Waals surface area contributed by atoms with Crippen LogP contribution >= 0.6 is 0 Å². The molecule has 7 aromatic carbocycles. The first-order valence-electron chi connectivity index (χ1n) is 15.4. The van der Waals surface area contributed by atoms with Gasteiger partial charge in [0.25, 0.3) is 0 Å². The molecule has 2 nitrogen and oxygen atoms in total. The first-order valence-corrected chi connectivity index (χ1v) is 15.4. The summed E-state index contributed by atoms with van der Waals surface area (Å²) >= 11 is 0. The van der Waals surface area contributed by atoms with E-state index in [2.05, 4.69) is 159 Å². The minimum atomic E-state index is -0.0963. The van der Waals surface area contributed by atoms with Crippen molar-refractivity contribution in [1.29, 1.82) is 0 Å². The third-order valence-electron chi connectivity index (χ3n) is 9.75. The SMILES string of the molecule is Cc1cccc2oc3c4ccccc4c(N(c4ccc5c(c4)C(C)(C)c4ccccc4-5)c4ccc5ccccc5c4)cc3c12. The molecular weight excluding hydrogens is 534 g/mol. The van der Waals surface area contributed by atoms with Gasteiger partial charge < -0.3 is 9.32 Å². The summed E-state index contributed by atoms with van der Waals surface area (Å²) in [7, 11) is 0. The predicted molar refractivity (Wildman–Crippen MR) is 186 cm³/mol. The zero-order chi connectivity index (χ0) is 29.6. The molecule has 0 bridgehead atoms. The molecule has 0 fully saturated rings. The lowest BCUT2D eigenvalue weighted by atomic mass is 9.82. The predicted octanol–water partition coefficient (Wildman–Crippen LogP) is 12.0. The summed E-state index contributed by atoms with van der Waals surface area (Å²) in [6.45, 7) is 6.88. The van der Waals surface area contributed by atoms with Crippen LogP contribution in [0.5, 0.6) is 0 Å². The zero-order valence-electron chi connectivity index (χ0n) is 25.1. The van der Waals surface area contributed by atoms with Crippen molar-refractivity contribution in [2.45, 2.75) is 26.2 Å². The minimum absolute atomic E-state index is 0.0963. The maximum Gasteiger partial charge on any atom is 0.143 e. The molecule has 1 aromatic heterocycles. The van der Waals surface area contributed by atoms with Gasteiger partial charge in [0.15, 0.2) is 0 Å². The normalized spacial score (nSPS) is 13.5. The minimum Gasteiger partial charge on any atom is -0.455 e. The second-order valence-electron chi connectivity index (χ2n) is 12.6. The van der Waals surface area contributed by atoms with Gasteiger partial charge in [-0.05, 0) is 81.9 Å². The summed E-state index contributed by atoms with van der Waals surface area (Å²) in [6.07, 6.45) is 0. The van der Waals surface area contributed by atoms with Crippen LogP contribution in [0.25, 0.3) is 54.6 Å². The number of furan rings is 1. The van der Waals surface area contributed by atoms with Gasteiger partial charge in [0.2, 0.25) is 0 Å². The van der Waals surface area contributed by atoms with Crippen LogP contribution in [0.3, 0.4) is 0 Å². The van der Waals surface area contributed by atoms with E-state index < -0.39 is 0 Å². The van der Waals surface area contributed by atoms with Gasteiger partial charge in [-0.25, -0.2) is 0 Å². The van der Waals surface area contributed by atoms with Crippen LogP contribution in [0.4, 0.5) is 17.1 Å². The van der Waals surface area contributed by atoms with E-state index in [1.165, 1.54) is 44.0 Å². The van der Waals surface area contributed by atoms with Gasteiger partial charge in [0.1, 0.15) is 11.2 Å². The smallest absolute Gasteiger partial charge is 0.143 e. The zero-order valence-corrected chi connectivity index (χ0v) is 25.1. The highest BCUT2D eigenvalue weighted by atomic mass is 16.3. The van der Waals surface area contributed by atoms with E-state index in [-0.39, 0.29) is 5.41 Å². The Bertz CT molecular complexity index is 2440. The Hall–Kier alpha value is -5.34. The summed E-state index contributed by atoms with van der Waals surface area (Å²) in [4.78, 5) is 2.45. The molecule has 8 aromatic rings. The van der Waals surface area contributed by atoms with Crippen molar-refractivity contribution in [1.82, 2.24) is 0 Å². The number of rotatable bonds is 3. The second kappa shape index (κ2) is 9.08. The molecule has 0 atom stereocenters. The van der Waals surface area contributed by atoms with Crippen molar-refractivity contribution in [3.05, 3.63) is 150 Å². The highest BCUT2D eigenvalue weighted by Gasteiger charge is 2.36. The van der Waals surface area contributed by atoms with Crippen LogP contribution in [-0.4, -0.2) is 0 Å². The van der Waals surface area contributed by atoms with Crippen LogP contribution in [0.1, 0.15) is 30.5 Å². The number of nitrogens with zero attached hydrogens (tertiary/aromatic N) is 1. The molecule has 1 heterocycles. The topological polar surface area (TPSA) is 16.4 Å². The summed E-state index contributed by atoms with van der Waals surface area (Å²) in [5.74, 6) is 0. The number of benzene rings is 7. The lowest BCUT2D eigenvalue weighted by molar-refractivity contribution is 0.660. The van der Waals surface area contributed by atoms with E-state index >= 15 is 0 Å². The van der Waals surface area contributed by atoms with Crippen LogP contribution in [0.2, 0.25) is 0 Å². The quantitative estimate of drug-likeness (QED) is 0.212. The standard InChI is InChI=1S/C42H31NO/c1-26-11-10-18-39-40(26)35-25-38(33-15-6-7-16-34(33)41(35)44-39)43(29-20-19-27-12-4-5-13-28(27)23-29)30-21-22-32-31-14-8-9-17-36(31)42(2,3)37(32)24-30/h4-25H,1-3H3. The van der Waals surface area contributed by atoms with E-state index in [1.807, 2.05) is 0 Å². The molecule has 210 valence electrons. The fourth-order valence-corrected chi connectivity index (χ4v) is 7.57. The highest BCUT2D eigenvalue weighted by Crippen LogP contribution is 2.51. The monoisotopic (exact) mass is 565 g/mol. The fourth-order valence-electron chi connectivity index (χ4n) is 7.57. The van der Waals surface area contributed by atoms with Crippen molar-refractivity contribution < 1.29 is 4.42 Å². The Labute approximate surface area is 256 Å². The van der Waals surface area contributed by atoms with E-state index in [0.717, 1.165) is 44.4 Å². The summed E-state index contributed by atoms with van der Waals surface area (Å²) in [5.41, 5.74) is 11.8. The van der Waals surface area contributed by atoms with Gasteiger partial charge in [-0.3, -0.25) is 0 Å². The summed E-state index contributed by atoms with van der Waals surface area (Å²) < 4.78 is 6.56. The molecular formula is C42H31NO. The van der Waals surface area contributed by atoms with Crippen LogP contribution in [0.15, 0.2) is 138 Å². The van der Waals surface area contributed by atoms with E-state index in [0.29, 0.717) is 0 Å². The van der Waals surface area contributed by atoms with E-state index in [1.54, 1.807) is 0 Å². The molecule has 0 amide bonds. The molecule has 0 spiro atoms. The van der Waals surface area contributed by atoms with Gasteiger partial charge in [0.05, 0.1) is 5.69 Å². The van der Waals surface area contributed by atoms with Gasteiger partial charge in [-0.2, -0.15) is 0 Å². The number of aryl methyl sites for hydroxylation is 1. The average Bonchev–Trinajstić information content (AvgIpc) is 3.55. The van der Waals surface area contributed by atoms with E-state index in [4.69, 9.17) is 4.42 Å². The largest absolute Gasteiger partial charge is 0.455 e. The number of hydrogen-bond donors (Lipinski definition) is 0. The maximum absolute atomic E-state index is 6.56. The van der Waals surface area contributed by atoms with Crippen LogP contribution < -0.4 is 4.90 Å². The Balaban J connectivity index is 1.37. The van der Waals surface area contributed by atoms with Gasteiger partial charge in [0, 0.05) is 38.3 Å². The number of anilines is 3. The summed E-state index contributed by atoms with van der Waals surface area (Å²) in [5, 5.41) is 7.06. The maximum atomic E-state index is 6.56. The fraction of sp³-hybridized carbons (Fsp3) is 0.0952. The molecule has 44 heavy (non-hydrogen) atoms. The van der Waals surface area contributed by atoms with Gasteiger partial charge >= 0.3 is 0 Å². The number of hydrogen-bond acceptors (Lipinski definition) is 2. The van der Waals surface area contributed by atoms with Gasteiger partial charge in [-0.1, -0.05) is 111 Å². The van der Waals surface area contributed by atoms with E-state index in [9.17, 15) is 0 Å². The number of fused-ring (bicyclic) bond motifs is 9. The molecule has 2 heteroatoms. The average molecular weight is 566 g/mol. The third-order valence-corrected chi connectivity index (χ3v) is 9.75. The lowest BCUT2D eigenvalue weighted by Gasteiger charge is -2.29. The van der Waals surface area contributed by atoms with Crippen molar-refractivity contribution in [3.8, 4) is 11.1 Å². The molecule has 0 saturated carbocycles. The van der Waals surface area contributed by atoms with Crippen molar-refractivity contribution in [3.63, 3.8) is 0 Å². The molecule has 1 aliphatic carbocycles. The third kappa shape index (κ3) is 3.48. The van der Waals surface area contributed by atoms with Crippen molar-refractivity contribution in [2.24, 2.45) is 0 Å². The first kappa shape index (κ1) is 25.2. The van der Waals surface area contributed by atoms with Gasteiger partial charge in [-0.15, -0.1) is 0 Å². The lowest BCUT2D eigenvalue weighted by Crippen LogP contribution is -2.16. The molecule has 0 radical (unpaired) electrons. The Morgan fingerprint density at radius 3 is 2.14 bits per heavy atom. The molecule has 0 saturated heterocycles. The van der Waals surface area contributed by atoms with Crippen molar-refractivity contribution in [2.75, 3.05) is 4.90 Å². The first-order chi connectivity index (χ1) is 21.5. The molecule has 0 N–H and O–H groups in total. The molecule has 0 unspecified atom stereocenters. The van der Waals surface area contributed by atoms with Crippen LogP contribution in [-0.2, 0) is 5.41 Å². The molecule has 9 rings (SSSR count). The molecule has 0 aliphatic heterocycles. The second-order valence-corrected chi connectivity index (χ2v) is 12.6. The van der Waals surface area contributed by atoms with Crippen LogP contribution in [0, 0.1) is 6.92 Å². The molecule has 1 aliphatic rings. The highest BCUT2D eigenvalue weighted by molar-refractivity contribution is 6.20. The van der Waals surface area contributed by atoms with Crippen molar-refractivity contribution >= 4 is 60.5 Å². The Morgan fingerprint density at radius 1 is 0.545 bits per heavy atom.